The molecule has 0 aliphatic rings. The van der Waals surface area contributed by atoms with E-state index in [1.165, 1.54) is 34.6 Å². The summed E-state index contributed by atoms with van der Waals surface area (Å²) in [5.74, 6) is -5.00. The van der Waals surface area contributed by atoms with Crippen LogP contribution in [0.15, 0.2) is 0 Å². The second-order valence-corrected chi connectivity index (χ2v) is 8.13. The summed E-state index contributed by atoms with van der Waals surface area (Å²) >= 11 is 0. The smallest absolute Gasteiger partial charge is 0.416 e. The molecular formula is C17H28F6O3. The van der Waals surface area contributed by atoms with Crippen LogP contribution in [0.3, 0.4) is 0 Å². The summed E-state index contributed by atoms with van der Waals surface area (Å²) < 4.78 is 82.4. The minimum absolute atomic E-state index is 0.132. The van der Waals surface area contributed by atoms with Crippen molar-refractivity contribution in [3.63, 3.8) is 0 Å². The van der Waals surface area contributed by atoms with Crippen molar-refractivity contribution < 1.29 is 41.0 Å². The molecule has 1 N–H and O–H groups in total. The molecule has 0 bridgehead atoms. The first-order chi connectivity index (χ1) is 11.3. The zero-order valence-corrected chi connectivity index (χ0v) is 15.9. The number of hydrogen-bond donors (Lipinski definition) is 1. The van der Waals surface area contributed by atoms with Crippen molar-refractivity contribution in [2.45, 2.75) is 84.4 Å². The van der Waals surface area contributed by atoms with Gasteiger partial charge in [-0.05, 0) is 58.8 Å². The van der Waals surface area contributed by atoms with Crippen LogP contribution in [0.1, 0.15) is 60.8 Å². The topological polar surface area (TPSA) is 46.5 Å². The van der Waals surface area contributed by atoms with Crippen LogP contribution in [-0.4, -0.2) is 34.6 Å². The van der Waals surface area contributed by atoms with Crippen molar-refractivity contribution in [3.05, 3.63) is 0 Å². The number of carbonyl (C=O) groups is 1. The first-order valence-electron chi connectivity index (χ1n) is 8.36. The Morgan fingerprint density at radius 1 is 0.962 bits per heavy atom. The van der Waals surface area contributed by atoms with E-state index in [-0.39, 0.29) is 6.42 Å². The van der Waals surface area contributed by atoms with Gasteiger partial charge in [-0.15, -0.1) is 0 Å². The molecule has 0 aliphatic carbocycles. The molecule has 4 atom stereocenters. The Morgan fingerprint density at radius 2 is 1.42 bits per heavy atom. The van der Waals surface area contributed by atoms with Gasteiger partial charge in [-0.2, -0.15) is 26.3 Å². The maximum Gasteiger partial charge on any atom is 0.416 e. The average molecular weight is 394 g/mol. The van der Waals surface area contributed by atoms with Crippen LogP contribution < -0.4 is 0 Å². The molecule has 0 fully saturated rings. The van der Waals surface area contributed by atoms with Crippen molar-refractivity contribution in [1.82, 2.24) is 0 Å². The number of ether oxygens (including phenoxy) is 1. The van der Waals surface area contributed by atoms with Crippen LogP contribution in [0.2, 0.25) is 0 Å². The highest BCUT2D eigenvalue weighted by Gasteiger charge is 2.50. The molecule has 9 heteroatoms. The van der Waals surface area contributed by atoms with Crippen molar-refractivity contribution in [2.75, 3.05) is 0 Å². The number of esters is 1. The Balaban J connectivity index is 5.00. The molecule has 0 saturated carbocycles. The Labute approximate surface area is 150 Å². The lowest BCUT2D eigenvalue weighted by molar-refractivity contribution is -0.256. The third-order valence-corrected chi connectivity index (χ3v) is 4.36. The van der Waals surface area contributed by atoms with Gasteiger partial charge in [0.15, 0.2) is 11.5 Å². The Morgan fingerprint density at radius 3 is 1.77 bits per heavy atom. The second-order valence-electron chi connectivity index (χ2n) is 8.13. The molecule has 0 aromatic rings. The van der Waals surface area contributed by atoms with Crippen LogP contribution in [0.25, 0.3) is 0 Å². The molecular weight excluding hydrogens is 366 g/mol. The average Bonchev–Trinajstić information content (AvgIpc) is 2.37. The third-order valence-electron chi connectivity index (χ3n) is 4.36. The summed E-state index contributed by atoms with van der Waals surface area (Å²) in [7, 11) is 0. The molecule has 3 nitrogen and oxygen atoms in total. The summed E-state index contributed by atoms with van der Waals surface area (Å²) in [6.45, 7) is 7.91. The standard InChI is InChI=1S/C17H28F6O3/c1-10(7-8-15(6,25)17(21,22)23)11(2)9-12(16(18,19)20)13(24)26-14(3,4)5/h10-12,25H,7-9H2,1-6H3. The zero-order chi connectivity index (χ0) is 21.1. The molecule has 26 heavy (non-hydrogen) atoms. The van der Waals surface area contributed by atoms with Gasteiger partial charge in [0.25, 0.3) is 0 Å². The molecule has 4 unspecified atom stereocenters. The Hall–Kier alpha value is -0.990. The fourth-order valence-corrected chi connectivity index (χ4v) is 2.28. The van der Waals surface area contributed by atoms with E-state index in [2.05, 4.69) is 0 Å². The van der Waals surface area contributed by atoms with E-state index in [9.17, 15) is 36.2 Å². The first kappa shape index (κ1) is 25.0. The van der Waals surface area contributed by atoms with E-state index in [4.69, 9.17) is 4.74 Å². The molecule has 0 radical (unpaired) electrons. The van der Waals surface area contributed by atoms with Gasteiger partial charge in [-0.1, -0.05) is 13.8 Å². The van der Waals surface area contributed by atoms with Crippen LogP contribution in [-0.2, 0) is 9.53 Å². The van der Waals surface area contributed by atoms with E-state index >= 15 is 0 Å². The highest BCUT2D eigenvalue weighted by atomic mass is 19.4. The fraction of sp³-hybridized carbons (Fsp3) is 0.941. The molecule has 0 heterocycles. The van der Waals surface area contributed by atoms with Gasteiger partial charge < -0.3 is 9.84 Å². The van der Waals surface area contributed by atoms with Crippen LogP contribution >= 0.6 is 0 Å². The van der Waals surface area contributed by atoms with Crippen LogP contribution in [0.4, 0.5) is 26.3 Å². The first-order valence-corrected chi connectivity index (χ1v) is 8.36. The van der Waals surface area contributed by atoms with E-state index in [0.717, 1.165) is 0 Å². The van der Waals surface area contributed by atoms with Crippen LogP contribution in [0.5, 0.6) is 0 Å². The van der Waals surface area contributed by atoms with Crippen molar-refractivity contribution >= 4 is 5.97 Å². The summed E-state index contributed by atoms with van der Waals surface area (Å²) in [5, 5.41) is 9.43. The molecule has 0 aromatic carbocycles. The van der Waals surface area contributed by atoms with E-state index in [1.807, 2.05) is 0 Å². The lowest BCUT2D eigenvalue weighted by Crippen LogP contribution is -2.42. The summed E-state index contributed by atoms with van der Waals surface area (Å²) in [5.41, 5.74) is -3.99. The third kappa shape index (κ3) is 8.14. The number of hydrogen-bond acceptors (Lipinski definition) is 3. The summed E-state index contributed by atoms with van der Waals surface area (Å²) in [6.07, 6.45) is -11.0. The second kappa shape index (κ2) is 8.35. The minimum Gasteiger partial charge on any atom is -0.459 e. The van der Waals surface area contributed by atoms with Crippen LogP contribution in [0, 0.1) is 17.8 Å². The number of halogens is 6. The van der Waals surface area contributed by atoms with Gasteiger partial charge in [0.1, 0.15) is 5.60 Å². The van der Waals surface area contributed by atoms with Gasteiger partial charge in [0, 0.05) is 0 Å². The highest BCUT2D eigenvalue weighted by molar-refractivity contribution is 5.73. The maximum absolute atomic E-state index is 13.2. The predicted octanol–water partition coefficient (Wildman–Crippen LogP) is 5.26. The quantitative estimate of drug-likeness (QED) is 0.473. The normalized spacial score (nSPS) is 19.4. The molecule has 156 valence electrons. The van der Waals surface area contributed by atoms with Gasteiger partial charge >= 0.3 is 18.3 Å². The Bertz CT molecular complexity index is 463. The van der Waals surface area contributed by atoms with Gasteiger partial charge in [0.05, 0.1) is 0 Å². The fourth-order valence-electron chi connectivity index (χ4n) is 2.28. The predicted molar refractivity (Wildman–Crippen MR) is 84.2 cm³/mol. The molecule has 0 aromatic heterocycles. The lowest BCUT2D eigenvalue weighted by Gasteiger charge is -2.31. The lowest BCUT2D eigenvalue weighted by atomic mass is 9.82. The minimum atomic E-state index is -4.82. The SMILES string of the molecule is CC(CCC(C)(O)C(F)(F)F)C(C)CC(C(=O)OC(C)(C)C)C(F)(F)F. The van der Waals surface area contributed by atoms with Gasteiger partial charge in [-0.25, -0.2) is 0 Å². The van der Waals surface area contributed by atoms with Gasteiger partial charge in [0.2, 0.25) is 0 Å². The molecule has 0 rings (SSSR count). The molecule has 0 aliphatic heterocycles. The molecule has 0 amide bonds. The monoisotopic (exact) mass is 394 g/mol. The number of alkyl halides is 6. The van der Waals surface area contributed by atoms with E-state index in [0.29, 0.717) is 6.92 Å². The highest BCUT2D eigenvalue weighted by Crippen LogP contribution is 2.38. The largest absolute Gasteiger partial charge is 0.459 e. The van der Waals surface area contributed by atoms with Crippen molar-refractivity contribution in [3.8, 4) is 0 Å². The van der Waals surface area contributed by atoms with Crippen molar-refractivity contribution in [2.24, 2.45) is 17.8 Å². The zero-order valence-electron chi connectivity index (χ0n) is 15.9. The van der Waals surface area contributed by atoms with E-state index in [1.54, 1.807) is 0 Å². The van der Waals surface area contributed by atoms with Crippen molar-refractivity contribution in [1.29, 1.82) is 0 Å². The number of carbonyl (C=O) groups excluding carboxylic acids is 1. The number of rotatable bonds is 7. The van der Waals surface area contributed by atoms with Gasteiger partial charge in [-0.3, -0.25) is 4.79 Å². The number of aliphatic hydroxyl groups is 1. The van der Waals surface area contributed by atoms with E-state index < -0.39 is 60.1 Å². The summed E-state index contributed by atoms with van der Waals surface area (Å²) in [4.78, 5) is 11.9. The Kier molecular flexibility index (Phi) is 8.04. The molecule has 0 spiro atoms. The molecule has 0 saturated heterocycles. The maximum atomic E-state index is 13.2. The summed E-state index contributed by atoms with van der Waals surface area (Å²) in [6, 6.07) is 0.